The summed E-state index contributed by atoms with van der Waals surface area (Å²) in [5.41, 5.74) is 7.44. The summed E-state index contributed by atoms with van der Waals surface area (Å²) in [5.74, 6) is 1.89. The average molecular weight is 281 g/mol. The zero-order valence-corrected chi connectivity index (χ0v) is 11.6. The highest BCUT2D eigenvalue weighted by atomic mass is 16.5. The van der Waals surface area contributed by atoms with Gasteiger partial charge in [0, 0.05) is 23.6 Å². The standard InChI is InChI=1S/C15H15N5O/c1-2-21-14-10-17-9-13(19-14)20-7-6-18-15(20)11-4-3-5-12(16)8-11/h3-10H,2,16H2,1H3. The van der Waals surface area contributed by atoms with Gasteiger partial charge in [-0.2, -0.15) is 4.98 Å². The summed E-state index contributed by atoms with van der Waals surface area (Å²) in [4.78, 5) is 12.9. The minimum Gasteiger partial charge on any atom is -0.477 e. The molecule has 1 aromatic carbocycles. The number of nitrogen functional groups attached to an aromatic ring is 1. The summed E-state index contributed by atoms with van der Waals surface area (Å²) in [7, 11) is 0. The summed E-state index contributed by atoms with van der Waals surface area (Å²) in [6.07, 6.45) is 6.80. The highest BCUT2D eigenvalue weighted by Gasteiger charge is 2.10. The fourth-order valence-corrected chi connectivity index (χ4v) is 2.05. The van der Waals surface area contributed by atoms with Crippen molar-refractivity contribution in [3.63, 3.8) is 0 Å². The average Bonchev–Trinajstić information content (AvgIpc) is 2.97. The number of nitrogens with two attached hydrogens (primary N) is 1. The highest BCUT2D eigenvalue weighted by molar-refractivity contribution is 5.62. The lowest BCUT2D eigenvalue weighted by Gasteiger charge is -2.08. The second-order valence-corrected chi connectivity index (χ2v) is 4.39. The minimum atomic E-state index is 0.488. The number of hydrogen-bond acceptors (Lipinski definition) is 5. The third-order valence-corrected chi connectivity index (χ3v) is 2.92. The predicted octanol–water partition coefficient (Wildman–Crippen LogP) is 2.31. The van der Waals surface area contributed by atoms with Crippen molar-refractivity contribution in [1.29, 1.82) is 0 Å². The van der Waals surface area contributed by atoms with Gasteiger partial charge in [-0.05, 0) is 19.1 Å². The molecule has 0 fully saturated rings. The Morgan fingerprint density at radius 3 is 3.00 bits per heavy atom. The Balaban J connectivity index is 2.05. The number of hydrogen-bond donors (Lipinski definition) is 1. The molecule has 0 saturated heterocycles. The fraction of sp³-hybridized carbons (Fsp3) is 0.133. The molecule has 0 amide bonds. The van der Waals surface area contributed by atoms with Crippen molar-refractivity contribution in [1.82, 2.24) is 19.5 Å². The van der Waals surface area contributed by atoms with E-state index in [0.29, 0.717) is 24.0 Å². The Kier molecular flexibility index (Phi) is 3.51. The highest BCUT2D eigenvalue weighted by Crippen LogP contribution is 2.22. The van der Waals surface area contributed by atoms with Crippen LogP contribution in [0.25, 0.3) is 17.2 Å². The van der Waals surface area contributed by atoms with Crippen LogP contribution in [0.2, 0.25) is 0 Å². The summed E-state index contributed by atoms with van der Waals surface area (Å²) < 4.78 is 7.23. The van der Waals surface area contributed by atoms with Gasteiger partial charge in [-0.1, -0.05) is 12.1 Å². The molecule has 0 aliphatic carbocycles. The van der Waals surface area contributed by atoms with E-state index < -0.39 is 0 Å². The molecule has 106 valence electrons. The second-order valence-electron chi connectivity index (χ2n) is 4.39. The predicted molar refractivity (Wildman–Crippen MR) is 80.2 cm³/mol. The van der Waals surface area contributed by atoms with Gasteiger partial charge in [-0.15, -0.1) is 0 Å². The maximum atomic E-state index is 5.83. The molecule has 2 heterocycles. The van der Waals surface area contributed by atoms with Gasteiger partial charge in [-0.25, -0.2) is 4.98 Å². The van der Waals surface area contributed by atoms with Gasteiger partial charge in [-0.3, -0.25) is 9.55 Å². The number of aromatic nitrogens is 4. The molecule has 0 aliphatic rings. The molecular formula is C15H15N5O. The van der Waals surface area contributed by atoms with E-state index >= 15 is 0 Å². The molecular weight excluding hydrogens is 266 g/mol. The van der Waals surface area contributed by atoms with Crippen molar-refractivity contribution in [3.05, 3.63) is 49.1 Å². The maximum Gasteiger partial charge on any atom is 0.234 e. The summed E-state index contributed by atoms with van der Waals surface area (Å²) in [6.45, 7) is 2.45. The van der Waals surface area contributed by atoms with E-state index in [1.165, 1.54) is 0 Å². The van der Waals surface area contributed by atoms with Gasteiger partial charge in [0.05, 0.1) is 19.0 Å². The fourth-order valence-electron chi connectivity index (χ4n) is 2.05. The van der Waals surface area contributed by atoms with Gasteiger partial charge < -0.3 is 10.5 Å². The molecule has 2 aromatic heterocycles. The molecule has 6 heteroatoms. The Morgan fingerprint density at radius 1 is 1.29 bits per heavy atom. The van der Waals surface area contributed by atoms with E-state index in [1.807, 2.05) is 42.0 Å². The molecule has 0 spiro atoms. The van der Waals surface area contributed by atoms with Crippen LogP contribution in [0.15, 0.2) is 49.1 Å². The second kappa shape index (κ2) is 5.62. The molecule has 0 unspecified atom stereocenters. The topological polar surface area (TPSA) is 78.8 Å². The van der Waals surface area contributed by atoms with Gasteiger partial charge in [0.15, 0.2) is 5.82 Å². The normalized spacial score (nSPS) is 10.5. The number of imidazole rings is 1. The van der Waals surface area contributed by atoms with Crippen LogP contribution in [0.1, 0.15) is 6.92 Å². The summed E-state index contributed by atoms with van der Waals surface area (Å²) in [5, 5.41) is 0. The quantitative estimate of drug-likeness (QED) is 0.742. The first kappa shape index (κ1) is 13.1. The van der Waals surface area contributed by atoms with Crippen molar-refractivity contribution < 1.29 is 4.74 Å². The molecule has 0 bridgehead atoms. The molecule has 0 radical (unpaired) electrons. The monoisotopic (exact) mass is 281 g/mol. The van der Waals surface area contributed by atoms with Crippen LogP contribution in [0.4, 0.5) is 5.69 Å². The lowest BCUT2D eigenvalue weighted by Crippen LogP contribution is -2.03. The van der Waals surface area contributed by atoms with E-state index in [1.54, 1.807) is 18.6 Å². The van der Waals surface area contributed by atoms with Crippen LogP contribution in [-0.2, 0) is 0 Å². The van der Waals surface area contributed by atoms with Crippen LogP contribution in [0.3, 0.4) is 0 Å². The first-order chi connectivity index (χ1) is 10.3. The molecule has 21 heavy (non-hydrogen) atoms. The molecule has 3 rings (SSSR count). The minimum absolute atomic E-state index is 0.488. The van der Waals surface area contributed by atoms with Crippen LogP contribution < -0.4 is 10.5 Å². The third kappa shape index (κ3) is 2.69. The van der Waals surface area contributed by atoms with E-state index in [4.69, 9.17) is 10.5 Å². The summed E-state index contributed by atoms with van der Waals surface area (Å²) >= 11 is 0. The SMILES string of the molecule is CCOc1cncc(-n2ccnc2-c2cccc(N)c2)n1. The van der Waals surface area contributed by atoms with Gasteiger partial charge in [0.25, 0.3) is 0 Å². The smallest absolute Gasteiger partial charge is 0.234 e. The number of ether oxygens (including phenoxy) is 1. The Morgan fingerprint density at radius 2 is 2.19 bits per heavy atom. The Bertz CT molecular complexity index is 753. The van der Waals surface area contributed by atoms with E-state index in [9.17, 15) is 0 Å². The van der Waals surface area contributed by atoms with E-state index in [0.717, 1.165) is 11.4 Å². The van der Waals surface area contributed by atoms with Crippen LogP contribution >= 0.6 is 0 Å². The Hall–Kier alpha value is -2.89. The zero-order chi connectivity index (χ0) is 14.7. The first-order valence-electron chi connectivity index (χ1n) is 6.62. The molecule has 0 aliphatic heterocycles. The van der Waals surface area contributed by atoms with Gasteiger partial charge >= 0.3 is 0 Å². The summed E-state index contributed by atoms with van der Waals surface area (Å²) in [6, 6.07) is 7.56. The van der Waals surface area contributed by atoms with Gasteiger partial charge in [0.1, 0.15) is 5.82 Å². The lowest BCUT2D eigenvalue weighted by atomic mass is 10.2. The molecule has 6 nitrogen and oxygen atoms in total. The van der Waals surface area contributed by atoms with Crippen LogP contribution in [-0.4, -0.2) is 26.1 Å². The number of benzene rings is 1. The van der Waals surface area contributed by atoms with E-state index in [2.05, 4.69) is 15.0 Å². The Labute approximate surface area is 122 Å². The van der Waals surface area contributed by atoms with Crippen molar-refractivity contribution in [2.24, 2.45) is 0 Å². The zero-order valence-electron chi connectivity index (χ0n) is 11.6. The number of rotatable bonds is 4. The molecule has 0 saturated carbocycles. The van der Waals surface area contributed by atoms with Crippen molar-refractivity contribution in [2.45, 2.75) is 6.92 Å². The first-order valence-corrected chi connectivity index (χ1v) is 6.62. The van der Waals surface area contributed by atoms with Crippen LogP contribution in [0, 0.1) is 0 Å². The van der Waals surface area contributed by atoms with Gasteiger partial charge in [0.2, 0.25) is 5.88 Å². The van der Waals surface area contributed by atoms with Crippen molar-refractivity contribution in [2.75, 3.05) is 12.3 Å². The van der Waals surface area contributed by atoms with Crippen molar-refractivity contribution >= 4 is 5.69 Å². The maximum absolute atomic E-state index is 5.83. The van der Waals surface area contributed by atoms with Crippen molar-refractivity contribution in [3.8, 4) is 23.1 Å². The molecule has 3 aromatic rings. The largest absolute Gasteiger partial charge is 0.477 e. The van der Waals surface area contributed by atoms with E-state index in [-0.39, 0.29) is 0 Å². The third-order valence-electron chi connectivity index (χ3n) is 2.92. The lowest BCUT2D eigenvalue weighted by molar-refractivity contribution is 0.325. The number of nitrogens with zero attached hydrogens (tertiary/aromatic N) is 4. The van der Waals surface area contributed by atoms with Crippen LogP contribution in [0.5, 0.6) is 5.88 Å². The molecule has 2 N–H and O–H groups in total. The number of anilines is 1. The molecule has 0 atom stereocenters.